The lowest BCUT2D eigenvalue weighted by atomic mass is 9.82. The normalized spacial score (nSPS) is 14.8. The first kappa shape index (κ1) is 29.2. The van der Waals surface area contributed by atoms with E-state index in [2.05, 4.69) is 30.6 Å². The molecule has 0 fully saturated rings. The van der Waals surface area contributed by atoms with Crippen molar-refractivity contribution in [2.24, 2.45) is 0 Å². The second-order valence-corrected chi connectivity index (χ2v) is 12.5. The van der Waals surface area contributed by atoms with Crippen molar-refractivity contribution in [1.29, 1.82) is 0 Å². The van der Waals surface area contributed by atoms with Crippen LogP contribution in [0.5, 0.6) is 0 Å². The van der Waals surface area contributed by atoms with E-state index in [1.54, 1.807) is 56.4 Å². The number of hydrogen-bond acceptors (Lipinski definition) is 7. The number of hydrogen-bond donors (Lipinski definition) is 4. The molecule has 1 amide bonds. The number of aromatic nitrogens is 2. The molecule has 4 bridgehead atoms. The molecular weight excluding hydrogens is 555 g/mol. The summed E-state index contributed by atoms with van der Waals surface area (Å²) >= 11 is 0. The number of carbonyl (C=O) groups excluding carboxylic acids is 1. The van der Waals surface area contributed by atoms with Crippen molar-refractivity contribution in [3.8, 4) is 11.1 Å². The van der Waals surface area contributed by atoms with Crippen LogP contribution in [0.15, 0.2) is 77.8 Å². The topological polar surface area (TPSA) is 125 Å². The Labute approximate surface area is 245 Å². The minimum Gasteiger partial charge on any atom is -0.369 e. The maximum Gasteiger partial charge on any atom is 0.240 e. The number of halogens is 1. The summed E-state index contributed by atoms with van der Waals surface area (Å²) in [5.41, 5.74) is 3.29. The van der Waals surface area contributed by atoms with E-state index in [-0.39, 0.29) is 23.9 Å². The number of fused-ring (bicyclic) bond motifs is 4. The number of benzene rings is 3. The number of sulfonamides is 1. The zero-order chi connectivity index (χ0) is 29.9. The number of aryl methyl sites for hydroxylation is 1. The second-order valence-electron chi connectivity index (χ2n) is 10.8. The number of amides is 1. The zero-order valence-electron chi connectivity index (χ0n) is 23.7. The number of nitrogens with zero attached hydrogens (tertiary/aromatic N) is 2. The van der Waals surface area contributed by atoms with Gasteiger partial charge in [0, 0.05) is 42.6 Å². The molecule has 9 nitrogen and oxygen atoms in total. The van der Waals surface area contributed by atoms with Crippen molar-refractivity contribution >= 4 is 33.4 Å². The molecule has 1 aromatic heterocycles. The van der Waals surface area contributed by atoms with Crippen LogP contribution < -0.4 is 20.7 Å². The van der Waals surface area contributed by atoms with Crippen LogP contribution in [0.4, 0.5) is 21.8 Å². The molecule has 1 aliphatic heterocycles. The minimum absolute atomic E-state index is 0.165. The summed E-state index contributed by atoms with van der Waals surface area (Å²) in [6, 6.07) is 19.0. The van der Waals surface area contributed by atoms with Crippen molar-refractivity contribution in [3.05, 3.63) is 95.4 Å². The maximum atomic E-state index is 14.5. The van der Waals surface area contributed by atoms with Gasteiger partial charge < -0.3 is 16.0 Å². The molecule has 5 rings (SSSR count). The lowest BCUT2D eigenvalue weighted by Crippen LogP contribution is -2.40. The van der Waals surface area contributed by atoms with E-state index >= 15 is 0 Å². The molecule has 3 aromatic carbocycles. The first-order valence-electron chi connectivity index (χ1n) is 13.6. The summed E-state index contributed by atoms with van der Waals surface area (Å²) in [6.45, 7) is 6.35. The predicted octanol–water partition coefficient (Wildman–Crippen LogP) is 5.02. The van der Waals surface area contributed by atoms with Gasteiger partial charge in [0.25, 0.3) is 0 Å². The number of anilines is 3. The van der Waals surface area contributed by atoms with Crippen LogP contribution in [0.3, 0.4) is 0 Å². The molecule has 0 radical (unpaired) electrons. The first-order chi connectivity index (χ1) is 20.0. The van der Waals surface area contributed by atoms with E-state index in [4.69, 9.17) is 0 Å². The quantitative estimate of drug-likeness (QED) is 0.258. The molecule has 42 heavy (non-hydrogen) atoms. The molecule has 0 unspecified atom stereocenters. The Morgan fingerprint density at radius 3 is 2.62 bits per heavy atom. The van der Waals surface area contributed by atoms with E-state index in [0.717, 1.165) is 22.3 Å². The van der Waals surface area contributed by atoms with Gasteiger partial charge in [-0.15, -0.1) is 0 Å². The third kappa shape index (κ3) is 6.42. The Kier molecular flexibility index (Phi) is 8.24. The predicted molar refractivity (Wildman–Crippen MR) is 161 cm³/mol. The van der Waals surface area contributed by atoms with Crippen LogP contribution in [0.2, 0.25) is 0 Å². The van der Waals surface area contributed by atoms with Crippen LogP contribution >= 0.6 is 0 Å². The summed E-state index contributed by atoms with van der Waals surface area (Å²) in [4.78, 5) is 22.3. The molecule has 218 valence electrons. The van der Waals surface area contributed by atoms with Crippen molar-refractivity contribution < 1.29 is 17.6 Å². The standard InChI is InChI=1S/C31H33FN6O3S/c1-20-8-13-27(32)26(16-20)31(2,3)29(39)34-18-21-9-11-22(12-10-21)25-19-35-30-37-23-6-4-7-24(17-23)42(40,41)36-15-5-14-33-28(25)38-30/h4,6-13,16-17,19,36H,5,14-15,18H2,1-3H3,(H,34,39)(H2,33,35,37,38). The molecule has 4 N–H and O–H groups in total. The van der Waals surface area contributed by atoms with Gasteiger partial charge in [-0.1, -0.05) is 48.0 Å². The summed E-state index contributed by atoms with van der Waals surface area (Å²) in [5.74, 6) is 0.264. The fraction of sp³-hybridized carbons (Fsp3) is 0.258. The number of nitrogens with one attached hydrogen (secondary N) is 4. The van der Waals surface area contributed by atoms with E-state index < -0.39 is 21.3 Å². The third-order valence-corrected chi connectivity index (χ3v) is 8.67. The van der Waals surface area contributed by atoms with Gasteiger partial charge in [-0.25, -0.2) is 22.5 Å². The maximum absolute atomic E-state index is 14.5. The molecular formula is C31H33FN6O3S. The van der Waals surface area contributed by atoms with Crippen LogP contribution in [0.1, 0.15) is 37.0 Å². The minimum atomic E-state index is -3.63. The molecule has 1 aliphatic rings. The molecule has 0 saturated heterocycles. The Morgan fingerprint density at radius 2 is 1.83 bits per heavy atom. The highest BCUT2D eigenvalue weighted by Gasteiger charge is 2.32. The average molecular weight is 589 g/mol. The van der Waals surface area contributed by atoms with Gasteiger partial charge in [-0.3, -0.25) is 4.79 Å². The highest BCUT2D eigenvalue weighted by Crippen LogP contribution is 2.30. The van der Waals surface area contributed by atoms with Crippen LogP contribution in [-0.4, -0.2) is 37.4 Å². The van der Waals surface area contributed by atoms with Crippen molar-refractivity contribution in [2.75, 3.05) is 23.7 Å². The Bertz CT molecular complexity index is 1730. The van der Waals surface area contributed by atoms with Gasteiger partial charge in [0.1, 0.15) is 11.6 Å². The van der Waals surface area contributed by atoms with Gasteiger partial charge in [0.05, 0.1) is 10.3 Å². The van der Waals surface area contributed by atoms with Gasteiger partial charge in [-0.2, -0.15) is 4.98 Å². The molecule has 0 aliphatic carbocycles. The summed E-state index contributed by atoms with van der Waals surface area (Å²) in [7, 11) is -3.63. The molecule has 0 spiro atoms. The molecule has 11 heteroatoms. The van der Waals surface area contributed by atoms with Gasteiger partial charge in [0.15, 0.2) is 0 Å². The van der Waals surface area contributed by atoms with Gasteiger partial charge in [-0.05, 0) is 62.6 Å². The van der Waals surface area contributed by atoms with E-state index in [9.17, 15) is 17.6 Å². The van der Waals surface area contributed by atoms with Crippen LogP contribution in [-0.2, 0) is 26.8 Å². The highest BCUT2D eigenvalue weighted by atomic mass is 32.2. The third-order valence-electron chi connectivity index (χ3n) is 7.21. The monoisotopic (exact) mass is 588 g/mol. The van der Waals surface area contributed by atoms with Crippen LogP contribution in [0.25, 0.3) is 11.1 Å². The molecule has 2 heterocycles. The number of rotatable bonds is 5. The lowest BCUT2D eigenvalue weighted by molar-refractivity contribution is -0.125. The van der Waals surface area contributed by atoms with Crippen molar-refractivity contribution in [2.45, 2.75) is 44.0 Å². The largest absolute Gasteiger partial charge is 0.369 e. The SMILES string of the molecule is Cc1ccc(F)c(C(C)(C)C(=O)NCc2ccc(-c3cnc4nc3NCCCNS(=O)(=O)c3cccc(c3)N4)cc2)c1. The number of carbonyl (C=O) groups is 1. The lowest BCUT2D eigenvalue weighted by Gasteiger charge is -2.25. The molecule has 4 aromatic rings. The van der Waals surface area contributed by atoms with Crippen molar-refractivity contribution in [3.63, 3.8) is 0 Å². The Hall–Kier alpha value is -4.35. The summed E-state index contributed by atoms with van der Waals surface area (Å²) < 4.78 is 42.3. The first-order valence-corrected chi connectivity index (χ1v) is 15.1. The smallest absolute Gasteiger partial charge is 0.240 e. The van der Waals surface area contributed by atoms with Crippen molar-refractivity contribution in [1.82, 2.24) is 20.0 Å². The van der Waals surface area contributed by atoms with E-state index in [1.165, 1.54) is 6.07 Å². The fourth-order valence-electron chi connectivity index (χ4n) is 4.69. The average Bonchev–Trinajstić information content (AvgIpc) is 2.97. The molecule has 0 atom stereocenters. The highest BCUT2D eigenvalue weighted by molar-refractivity contribution is 7.89. The Balaban J connectivity index is 1.32. The molecule has 0 saturated carbocycles. The second kappa shape index (κ2) is 11.9. The Morgan fingerprint density at radius 1 is 1.05 bits per heavy atom. The zero-order valence-corrected chi connectivity index (χ0v) is 24.5. The van der Waals surface area contributed by atoms with Gasteiger partial charge in [0.2, 0.25) is 21.9 Å². The van der Waals surface area contributed by atoms with E-state index in [0.29, 0.717) is 36.0 Å². The summed E-state index contributed by atoms with van der Waals surface area (Å²) in [5, 5.41) is 9.33. The summed E-state index contributed by atoms with van der Waals surface area (Å²) in [6.07, 6.45) is 2.26. The fourth-order valence-corrected chi connectivity index (χ4v) is 5.81. The van der Waals surface area contributed by atoms with Gasteiger partial charge >= 0.3 is 0 Å². The van der Waals surface area contributed by atoms with Crippen LogP contribution in [0, 0.1) is 12.7 Å². The van der Waals surface area contributed by atoms with E-state index in [1.807, 2.05) is 31.2 Å².